The van der Waals surface area contributed by atoms with Crippen molar-refractivity contribution in [1.29, 1.82) is 0 Å². The minimum Gasteiger partial charge on any atom is -0.376 e. The lowest BCUT2D eigenvalue weighted by Crippen LogP contribution is -2.23. The van der Waals surface area contributed by atoms with Crippen LogP contribution in [0.5, 0.6) is 0 Å². The molecule has 1 unspecified atom stereocenters. The maximum atomic E-state index is 13.0. The van der Waals surface area contributed by atoms with Crippen molar-refractivity contribution >= 4 is 0 Å². The molecule has 0 aliphatic rings. The summed E-state index contributed by atoms with van der Waals surface area (Å²) in [6, 6.07) is 3.88. The molecule has 0 amide bonds. The molecule has 0 bridgehead atoms. The molecule has 0 heterocycles. The van der Waals surface area contributed by atoms with Gasteiger partial charge in [-0.3, -0.25) is 0 Å². The van der Waals surface area contributed by atoms with Crippen LogP contribution < -0.4 is 5.32 Å². The van der Waals surface area contributed by atoms with Gasteiger partial charge in [0.05, 0.1) is 13.2 Å². The summed E-state index contributed by atoms with van der Waals surface area (Å²) in [5.41, 5.74) is 1.69. The molecule has 4 heteroatoms. The van der Waals surface area contributed by atoms with Crippen molar-refractivity contribution < 1.29 is 13.5 Å². The van der Waals surface area contributed by atoms with Gasteiger partial charge in [-0.15, -0.1) is 0 Å². The molecule has 0 aliphatic heterocycles. The summed E-state index contributed by atoms with van der Waals surface area (Å²) in [4.78, 5) is 0. The summed E-state index contributed by atoms with van der Waals surface area (Å²) in [7, 11) is 0. The number of hydrogen-bond acceptors (Lipinski definition) is 2. The van der Waals surface area contributed by atoms with Crippen molar-refractivity contribution in [3.63, 3.8) is 0 Å². The fourth-order valence-corrected chi connectivity index (χ4v) is 1.49. The fraction of sp³-hybridized carbons (Fsp3) is 0.429. The molecule has 18 heavy (non-hydrogen) atoms. The van der Waals surface area contributed by atoms with Crippen LogP contribution in [0.15, 0.2) is 30.4 Å². The van der Waals surface area contributed by atoms with E-state index in [4.69, 9.17) is 4.74 Å². The van der Waals surface area contributed by atoms with Crippen LogP contribution >= 0.6 is 0 Å². The Kier molecular flexibility index (Phi) is 5.95. The van der Waals surface area contributed by atoms with Gasteiger partial charge in [-0.2, -0.15) is 0 Å². The van der Waals surface area contributed by atoms with Crippen LogP contribution in [0, 0.1) is 11.6 Å². The van der Waals surface area contributed by atoms with E-state index in [0.717, 1.165) is 11.6 Å². The van der Waals surface area contributed by atoms with E-state index in [1.807, 2.05) is 13.8 Å². The van der Waals surface area contributed by atoms with E-state index < -0.39 is 11.6 Å². The van der Waals surface area contributed by atoms with Gasteiger partial charge in [-0.05, 0) is 31.5 Å². The van der Waals surface area contributed by atoms with Gasteiger partial charge in [0.2, 0.25) is 0 Å². The SMILES string of the molecule is C=C(C)COCCNC(C)c1ccc(F)c(F)c1. The molecule has 0 aliphatic carbocycles. The standard InChI is InChI=1S/C14H19F2NO/c1-10(2)9-18-7-6-17-11(3)12-4-5-13(15)14(16)8-12/h4-5,8,11,17H,1,6-7,9H2,2-3H3. The van der Waals surface area contributed by atoms with Crippen molar-refractivity contribution in [2.75, 3.05) is 19.8 Å². The smallest absolute Gasteiger partial charge is 0.159 e. The maximum Gasteiger partial charge on any atom is 0.159 e. The number of ether oxygens (including phenoxy) is 1. The molecule has 1 aromatic carbocycles. The fourth-order valence-electron chi connectivity index (χ4n) is 1.49. The lowest BCUT2D eigenvalue weighted by Gasteiger charge is -2.14. The first-order valence-electron chi connectivity index (χ1n) is 5.91. The Morgan fingerprint density at radius 3 is 2.72 bits per heavy atom. The number of hydrogen-bond donors (Lipinski definition) is 1. The highest BCUT2D eigenvalue weighted by Gasteiger charge is 2.08. The molecule has 2 nitrogen and oxygen atoms in total. The van der Waals surface area contributed by atoms with E-state index in [9.17, 15) is 8.78 Å². The topological polar surface area (TPSA) is 21.3 Å². The van der Waals surface area contributed by atoms with Crippen LogP contribution in [0.4, 0.5) is 8.78 Å². The molecular weight excluding hydrogens is 236 g/mol. The molecule has 1 N–H and O–H groups in total. The van der Waals surface area contributed by atoms with E-state index in [2.05, 4.69) is 11.9 Å². The number of benzene rings is 1. The molecule has 1 aromatic rings. The first-order chi connectivity index (χ1) is 8.50. The minimum atomic E-state index is -0.823. The van der Waals surface area contributed by atoms with Crippen LogP contribution in [-0.2, 0) is 4.74 Å². The van der Waals surface area contributed by atoms with Crippen LogP contribution in [0.2, 0.25) is 0 Å². The Balaban J connectivity index is 2.34. The first-order valence-corrected chi connectivity index (χ1v) is 5.91. The number of nitrogens with one attached hydrogen (secondary N) is 1. The van der Waals surface area contributed by atoms with E-state index in [1.54, 1.807) is 6.07 Å². The number of rotatable bonds is 7. The average molecular weight is 255 g/mol. The van der Waals surface area contributed by atoms with Crippen molar-refractivity contribution in [1.82, 2.24) is 5.32 Å². The van der Waals surface area contributed by atoms with Gasteiger partial charge in [0.25, 0.3) is 0 Å². The number of halogens is 2. The Morgan fingerprint density at radius 2 is 2.11 bits per heavy atom. The van der Waals surface area contributed by atoms with Gasteiger partial charge in [-0.1, -0.05) is 18.2 Å². The van der Waals surface area contributed by atoms with Gasteiger partial charge in [0, 0.05) is 12.6 Å². The van der Waals surface area contributed by atoms with Crippen molar-refractivity contribution in [2.45, 2.75) is 19.9 Å². The molecule has 0 aromatic heterocycles. The molecule has 1 atom stereocenters. The molecule has 0 radical (unpaired) electrons. The molecular formula is C14H19F2NO. The summed E-state index contributed by atoms with van der Waals surface area (Å²) < 4.78 is 31.1. The van der Waals surface area contributed by atoms with Crippen LogP contribution in [0.25, 0.3) is 0 Å². The van der Waals surface area contributed by atoms with Gasteiger partial charge in [-0.25, -0.2) is 8.78 Å². The summed E-state index contributed by atoms with van der Waals surface area (Å²) in [5.74, 6) is -1.64. The van der Waals surface area contributed by atoms with Gasteiger partial charge in [0.15, 0.2) is 11.6 Å². The van der Waals surface area contributed by atoms with Crippen LogP contribution in [0.1, 0.15) is 25.5 Å². The zero-order valence-electron chi connectivity index (χ0n) is 10.8. The Hall–Kier alpha value is -1.26. The molecule has 0 fully saturated rings. The Morgan fingerprint density at radius 1 is 1.39 bits per heavy atom. The third-order valence-electron chi connectivity index (χ3n) is 2.49. The third kappa shape index (κ3) is 4.94. The molecule has 100 valence electrons. The second-order valence-corrected chi connectivity index (χ2v) is 4.36. The largest absolute Gasteiger partial charge is 0.376 e. The Labute approximate surface area is 107 Å². The van der Waals surface area contributed by atoms with Crippen LogP contribution in [0.3, 0.4) is 0 Å². The monoisotopic (exact) mass is 255 g/mol. The zero-order chi connectivity index (χ0) is 13.5. The highest BCUT2D eigenvalue weighted by Crippen LogP contribution is 2.15. The predicted molar refractivity (Wildman–Crippen MR) is 68.4 cm³/mol. The van der Waals surface area contributed by atoms with E-state index in [0.29, 0.717) is 25.3 Å². The van der Waals surface area contributed by atoms with Gasteiger partial charge < -0.3 is 10.1 Å². The predicted octanol–water partition coefficient (Wildman–Crippen LogP) is 3.21. The van der Waals surface area contributed by atoms with Crippen LogP contribution in [-0.4, -0.2) is 19.8 Å². The van der Waals surface area contributed by atoms with Crippen molar-refractivity contribution in [2.24, 2.45) is 0 Å². The highest BCUT2D eigenvalue weighted by molar-refractivity contribution is 5.20. The zero-order valence-corrected chi connectivity index (χ0v) is 10.8. The third-order valence-corrected chi connectivity index (χ3v) is 2.49. The summed E-state index contributed by atoms with van der Waals surface area (Å²) in [6.07, 6.45) is 0. The van der Waals surface area contributed by atoms with E-state index in [-0.39, 0.29) is 6.04 Å². The second kappa shape index (κ2) is 7.24. The molecule has 0 spiro atoms. The van der Waals surface area contributed by atoms with Gasteiger partial charge in [0.1, 0.15) is 0 Å². The minimum absolute atomic E-state index is 0.0477. The second-order valence-electron chi connectivity index (χ2n) is 4.36. The maximum absolute atomic E-state index is 13.0. The van der Waals surface area contributed by atoms with Crippen molar-refractivity contribution in [3.8, 4) is 0 Å². The average Bonchev–Trinajstić information content (AvgIpc) is 2.31. The first kappa shape index (κ1) is 14.8. The lowest BCUT2D eigenvalue weighted by molar-refractivity contribution is 0.156. The highest BCUT2D eigenvalue weighted by atomic mass is 19.2. The quantitative estimate of drug-likeness (QED) is 0.596. The molecule has 1 rings (SSSR count). The van der Waals surface area contributed by atoms with Gasteiger partial charge >= 0.3 is 0 Å². The lowest BCUT2D eigenvalue weighted by atomic mass is 10.1. The molecule has 0 saturated heterocycles. The van der Waals surface area contributed by atoms with E-state index in [1.165, 1.54) is 6.07 Å². The van der Waals surface area contributed by atoms with E-state index >= 15 is 0 Å². The summed E-state index contributed by atoms with van der Waals surface area (Å²) in [5, 5.41) is 3.18. The summed E-state index contributed by atoms with van der Waals surface area (Å²) in [6.45, 7) is 9.27. The normalized spacial score (nSPS) is 12.4. The Bertz CT molecular complexity index is 407. The summed E-state index contributed by atoms with van der Waals surface area (Å²) >= 11 is 0. The molecule has 0 saturated carbocycles. The van der Waals surface area contributed by atoms with Crippen molar-refractivity contribution in [3.05, 3.63) is 47.5 Å².